The van der Waals surface area contributed by atoms with Gasteiger partial charge in [-0.2, -0.15) is 0 Å². The second kappa shape index (κ2) is 2.95. The van der Waals surface area contributed by atoms with E-state index in [1.54, 1.807) is 6.08 Å². The normalized spacial score (nSPS) is 19.8. The molecule has 0 heterocycles. The van der Waals surface area contributed by atoms with Crippen molar-refractivity contribution in [1.29, 1.82) is 0 Å². The number of terminal acetylenes is 2. The summed E-state index contributed by atoms with van der Waals surface area (Å²) in [6.07, 6.45) is 16.2. The van der Waals surface area contributed by atoms with E-state index in [1.807, 2.05) is 6.08 Å². The Balaban J connectivity index is 2.87. The minimum absolute atomic E-state index is 0.970. The molecule has 0 aromatic carbocycles. The van der Waals surface area contributed by atoms with Crippen molar-refractivity contribution in [2.75, 3.05) is 0 Å². The Kier molecular flexibility index (Phi) is 1.98. The van der Waals surface area contributed by atoms with E-state index in [4.69, 9.17) is 12.8 Å². The minimum Gasteiger partial charge on any atom is -0.115 e. The van der Waals surface area contributed by atoms with Crippen LogP contribution in [0.3, 0.4) is 0 Å². The summed E-state index contributed by atoms with van der Waals surface area (Å²) in [5.74, 6) is 5.07. The lowest BCUT2D eigenvalue weighted by Crippen LogP contribution is -1.77. The molecule has 0 bridgehead atoms. The third-order valence-electron chi connectivity index (χ3n) is 1.52. The fourth-order valence-corrected chi connectivity index (χ4v) is 1.04. The second-order valence-electron chi connectivity index (χ2n) is 2.14. The Bertz CT molecular complexity index is 263. The van der Waals surface area contributed by atoms with E-state index in [1.165, 1.54) is 0 Å². The fraction of sp³-hybridized carbons (Fsp3) is 0.200. The van der Waals surface area contributed by atoms with Gasteiger partial charge >= 0.3 is 0 Å². The second-order valence-corrected chi connectivity index (χ2v) is 2.14. The van der Waals surface area contributed by atoms with Gasteiger partial charge in [0, 0.05) is 5.57 Å². The van der Waals surface area contributed by atoms with Crippen molar-refractivity contribution in [3.05, 3.63) is 23.3 Å². The largest absolute Gasteiger partial charge is 0.115 e. The molecule has 0 nitrogen and oxygen atoms in total. The van der Waals surface area contributed by atoms with Gasteiger partial charge in [-0.05, 0) is 24.5 Å². The molecular formula is C10H8. The van der Waals surface area contributed by atoms with Crippen molar-refractivity contribution in [3.63, 3.8) is 0 Å². The molecule has 10 heavy (non-hydrogen) atoms. The third-order valence-corrected chi connectivity index (χ3v) is 1.52. The summed E-state index contributed by atoms with van der Waals surface area (Å²) in [6.45, 7) is 0. The van der Waals surface area contributed by atoms with Gasteiger partial charge in [-0.3, -0.25) is 0 Å². The van der Waals surface area contributed by atoms with E-state index in [0.29, 0.717) is 0 Å². The average Bonchev–Trinajstić information content (AvgIpc) is 2.36. The average molecular weight is 128 g/mol. The van der Waals surface area contributed by atoms with Crippen LogP contribution >= 0.6 is 0 Å². The van der Waals surface area contributed by atoms with E-state index in [-0.39, 0.29) is 0 Å². The molecule has 0 spiro atoms. The zero-order valence-electron chi connectivity index (χ0n) is 5.72. The van der Waals surface area contributed by atoms with Gasteiger partial charge in [0.05, 0.1) is 0 Å². The maximum atomic E-state index is 5.23. The topological polar surface area (TPSA) is 0 Å². The minimum atomic E-state index is 0.970. The molecule has 0 aliphatic heterocycles. The first-order chi connectivity index (χ1) is 4.88. The predicted octanol–water partition coefficient (Wildman–Crippen LogP) is 1.90. The Morgan fingerprint density at radius 2 is 2.30 bits per heavy atom. The summed E-state index contributed by atoms with van der Waals surface area (Å²) < 4.78 is 0. The molecule has 0 unspecified atom stereocenters. The Hall–Kier alpha value is -1.40. The molecule has 0 fully saturated rings. The van der Waals surface area contributed by atoms with Gasteiger partial charge in [-0.1, -0.05) is 17.9 Å². The summed E-state index contributed by atoms with van der Waals surface area (Å²) in [7, 11) is 0. The maximum Gasteiger partial charge on any atom is 0.0241 e. The summed E-state index contributed by atoms with van der Waals surface area (Å²) >= 11 is 0. The lowest BCUT2D eigenvalue weighted by atomic mass is 10.1. The molecule has 0 amide bonds. The van der Waals surface area contributed by atoms with Crippen LogP contribution in [0, 0.1) is 24.7 Å². The Morgan fingerprint density at radius 3 is 2.90 bits per heavy atom. The van der Waals surface area contributed by atoms with Crippen LogP contribution in [0.1, 0.15) is 12.8 Å². The molecule has 0 aromatic heterocycles. The van der Waals surface area contributed by atoms with Gasteiger partial charge in [0.2, 0.25) is 0 Å². The van der Waals surface area contributed by atoms with Gasteiger partial charge in [0.1, 0.15) is 0 Å². The fourth-order valence-electron chi connectivity index (χ4n) is 1.04. The first kappa shape index (κ1) is 6.72. The highest BCUT2D eigenvalue weighted by Crippen LogP contribution is 2.23. The SMILES string of the molecule is C#C/C=C1/CCC=C1C#C. The van der Waals surface area contributed by atoms with E-state index in [9.17, 15) is 0 Å². The van der Waals surface area contributed by atoms with E-state index >= 15 is 0 Å². The molecule has 0 saturated heterocycles. The van der Waals surface area contributed by atoms with Crippen molar-refractivity contribution in [2.24, 2.45) is 0 Å². The summed E-state index contributed by atoms with van der Waals surface area (Å²) in [4.78, 5) is 0. The highest BCUT2D eigenvalue weighted by Gasteiger charge is 2.06. The van der Waals surface area contributed by atoms with Crippen molar-refractivity contribution < 1.29 is 0 Å². The maximum absolute atomic E-state index is 5.23. The van der Waals surface area contributed by atoms with Gasteiger partial charge in [-0.25, -0.2) is 0 Å². The van der Waals surface area contributed by atoms with Crippen LogP contribution in [0.25, 0.3) is 0 Å². The van der Waals surface area contributed by atoms with Crippen LogP contribution in [0.4, 0.5) is 0 Å². The first-order valence-corrected chi connectivity index (χ1v) is 3.21. The molecule has 1 aliphatic rings. The number of allylic oxidation sites excluding steroid dienone is 4. The zero-order valence-corrected chi connectivity index (χ0v) is 5.72. The molecule has 48 valence electrons. The van der Waals surface area contributed by atoms with Gasteiger partial charge in [-0.15, -0.1) is 12.8 Å². The van der Waals surface area contributed by atoms with Crippen LogP contribution in [0.5, 0.6) is 0 Å². The summed E-state index contributed by atoms with van der Waals surface area (Å²) in [5, 5.41) is 0. The van der Waals surface area contributed by atoms with E-state index in [2.05, 4.69) is 11.8 Å². The van der Waals surface area contributed by atoms with Crippen LogP contribution in [0.15, 0.2) is 23.3 Å². The molecule has 1 rings (SSSR count). The lowest BCUT2D eigenvalue weighted by molar-refractivity contribution is 1.06. The van der Waals surface area contributed by atoms with Crippen molar-refractivity contribution in [2.45, 2.75) is 12.8 Å². The molecule has 0 aromatic rings. The van der Waals surface area contributed by atoms with Crippen LogP contribution in [0.2, 0.25) is 0 Å². The van der Waals surface area contributed by atoms with Gasteiger partial charge < -0.3 is 0 Å². The van der Waals surface area contributed by atoms with Crippen LogP contribution in [-0.4, -0.2) is 0 Å². The first-order valence-electron chi connectivity index (χ1n) is 3.21. The molecule has 0 atom stereocenters. The van der Waals surface area contributed by atoms with E-state index < -0.39 is 0 Å². The molecule has 0 heteroatoms. The van der Waals surface area contributed by atoms with Crippen molar-refractivity contribution in [1.82, 2.24) is 0 Å². The third kappa shape index (κ3) is 1.12. The van der Waals surface area contributed by atoms with Gasteiger partial charge in [0.15, 0.2) is 0 Å². The summed E-state index contributed by atoms with van der Waals surface area (Å²) in [5.41, 5.74) is 2.10. The lowest BCUT2D eigenvalue weighted by Gasteiger charge is -1.91. The molecule has 1 aliphatic carbocycles. The zero-order chi connectivity index (χ0) is 7.40. The van der Waals surface area contributed by atoms with Gasteiger partial charge in [0.25, 0.3) is 0 Å². The standard InChI is InChI=1S/C10H8/c1-3-6-10-8-5-7-9(10)4-2/h1-2,6-7H,5,8H2/b10-6-. The Morgan fingerprint density at radius 1 is 1.50 bits per heavy atom. The molecule has 0 saturated carbocycles. The van der Waals surface area contributed by atoms with Crippen molar-refractivity contribution >= 4 is 0 Å². The van der Waals surface area contributed by atoms with Crippen LogP contribution < -0.4 is 0 Å². The van der Waals surface area contributed by atoms with E-state index in [0.717, 1.165) is 24.0 Å². The quantitative estimate of drug-likeness (QED) is 0.437. The molecular weight excluding hydrogens is 120 g/mol. The molecule has 0 radical (unpaired) electrons. The van der Waals surface area contributed by atoms with Crippen LogP contribution in [-0.2, 0) is 0 Å². The number of hydrogen-bond acceptors (Lipinski definition) is 0. The molecule has 0 N–H and O–H groups in total. The Labute approximate surface area is 61.6 Å². The smallest absolute Gasteiger partial charge is 0.0241 e. The number of hydrogen-bond donors (Lipinski definition) is 0. The summed E-state index contributed by atoms with van der Waals surface area (Å²) in [6, 6.07) is 0. The highest BCUT2D eigenvalue weighted by atomic mass is 14.1. The highest BCUT2D eigenvalue weighted by molar-refractivity contribution is 5.49. The van der Waals surface area contributed by atoms with Crippen molar-refractivity contribution in [3.8, 4) is 24.7 Å². The predicted molar refractivity (Wildman–Crippen MR) is 43.1 cm³/mol. The monoisotopic (exact) mass is 128 g/mol. The number of rotatable bonds is 0.